The van der Waals surface area contributed by atoms with Crippen LogP contribution < -0.4 is 30.1 Å². The van der Waals surface area contributed by atoms with Crippen molar-refractivity contribution < 1.29 is 59.2 Å². The van der Waals surface area contributed by atoms with E-state index in [0.29, 0.717) is 56.0 Å². The normalized spacial score (nSPS) is 17.0. The number of hydrogen-bond donors (Lipinski definition) is 0. The summed E-state index contributed by atoms with van der Waals surface area (Å²) in [5.74, 6) is 1.05. The summed E-state index contributed by atoms with van der Waals surface area (Å²) < 4.78 is 217. The van der Waals surface area contributed by atoms with E-state index < -0.39 is 150 Å². The average molecular weight is 1610 g/mol. The van der Waals surface area contributed by atoms with Crippen LogP contribution in [0.15, 0.2) is 261 Å². The van der Waals surface area contributed by atoms with Gasteiger partial charge in [0.15, 0.2) is 8.07 Å². The molecule has 1 aliphatic heterocycles. The van der Waals surface area contributed by atoms with E-state index >= 15 is 0 Å². The SMILES string of the molecule is [2H]c1c([2H])c([2H])c([Si](c2cc3c4c(c2)n(-c2[c-]c(Oc5[c-]c6c(cc5)c5ccccc5n6-c5cc(C(C)(C)C)ccn5)ccc2)[c-][n+]4-c2c(-c4cc(C(C)(C)C)cc(C(C)(C)C)c4)cc(-c4c(C([2H])([2H])[2H])cccc4C([2H])([2H])[2H])cc2-c2cc4c(cc2-c2ccccc2-3)C(C)(C)CCC4(C)C)(c2c([2H])c([2H])c([2H])c([2H])c2[2H])c2c([2H])c([2H])c([2H])c([2H])c2[2H])c([2H])c1[2H].[Pt]. The molecule has 0 N–H and O–H groups in total. The Morgan fingerprint density at radius 1 is 0.477 bits per heavy atom. The zero-order valence-corrected chi connectivity index (χ0v) is 65.4. The second-order valence-electron chi connectivity index (χ2n) is 32.7. The first-order chi connectivity index (χ1) is 59.4. The molecule has 0 unspecified atom stereocenters. The molecular formula is C100H92N4OPtSi-2. The van der Waals surface area contributed by atoms with Gasteiger partial charge in [0.2, 0.25) is 0 Å². The van der Waals surface area contributed by atoms with Gasteiger partial charge in [-0.3, -0.25) is 4.57 Å². The van der Waals surface area contributed by atoms with Crippen molar-refractivity contribution >= 4 is 61.7 Å². The van der Waals surface area contributed by atoms with E-state index in [1.54, 1.807) is 47.2 Å². The Kier molecular flexibility index (Phi) is 12.4. The fourth-order valence-corrected chi connectivity index (χ4v) is 19.8. The molecule has 5 nitrogen and oxygen atoms in total. The molecule has 0 amide bonds. The Hall–Kier alpha value is -10.2. The summed E-state index contributed by atoms with van der Waals surface area (Å²) in [5, 5.41) is -0.507. The van der Waals surface area contributed by atoms with Crippen LogP contribution in [-0.2, 0) is 48.1 Å². The summed E-state index contributed by atoms with van der Waals surface area (Å²) in [7, 11) is -6.05. The minimum absolute atomic E-state index is 0. The zero-order chi connectivity index (χ0) is 91.6. The molecule has 0 saturated heterocycles. The molecule has 12 aromatic carbocycles. The topological polar surface area (TPSA) is 35.9 Å². The quantitative estimate of drug-likeness (QED) is 0.0592. The largest absolute Gasteiger partial charge is 0.510 e. The predicted octanol–water partition coefficient (Wildman–Crippen LogP) is 22.5. The van der Waals surface area contributed by atoms with Gasteiger partial charge in [-0.2, -0.15) is 18.2 Å². The Morgan fingerprint density at radius 3 is 1.63 bits per heavy atom. The van der Waals surface area contributed by atoms with Crippen LogP contribution in [-0.4, -0.2) is 22.2 Å². The van der Waals surface area contributed by atoms with Gasteiger partial charge in [-0.15, -0.1) is 29.7 Å². The van der Waals surface area contributed by atoms with Crippen molar-refractivity contribution in [3.05, 3.63) is 318 Å². The van der Waals surface area contributed by atoms with Gasteiger partial charge in [0, 0.05) is 52.5 Å². The second-order valence-corrected chi connectivity index (χ2v) is 36.3. The number of rotatable bonds is 10. The fraction of sp³-hybridized carbons (Fsp3) is 0.220. The molecule has 0 bridgehead atoms. The van der Waals surface area contributed by atoms with Gasteiger partial charge in [-0.1, -0.05) is 283 Å². The smallest absolute Gasteiger partial charge is 0.268 e. The number of aryl methyl sites for hydroxylation is 2. The number of pyridine rings is 1. The Balaban J connectivity index is 0.0000120. The van der Waals surface area contributed by atoms with Crippen LogP contribution in [0.1, 0.15) is 171 Å². The summed E-state index contributed by atoms with van der Waals surface area (Å²) in [4.78, 5) is 4.93. The maximum Gasteiger partial charge on any atom is 0.268 e. The van der Waals surface area contributed by atoms with Gasteiger partial charge in [-0.05, 0) is 216 Å². The Labute approximate surface area is 677 Å². The van der Waals surface area contributed by atoms with Crippen molar-refractivity contribution in [3.63, 3.8) is 0 Å². The number of imidazole rings is 1. The van der Waals surface area contributed by atoms with Crippen molar-refractivity contribution in [1.29, 1.82) is 0 Å². The van der Waals surface area contributed by atoms with Crippen LogP contribution in [0, 0.1) is 32.2 Å². The predicted molar refractivity (Wildman–Crippen MR) is 445 cm³/mol. The van der Waals surface area contributed by atoms with Crippen LogP contribution >= 0.6 is 0 Å². The molecule has 0 saturated carbocycles. The number of fused-ring (bicyclic) bond motifs is 11. The van der Waals surface area contributed by atoms with Crippen molar-refractivity contribution in [2.24, 2.45) is 0 Å². The van der Waals surface area contributed by atoms with Crippen LogP contribution in [0.25, 0.3) is 106 Å². The van der Waals surface area contributed by atoms with E-state index in [1.807, 2.05) is 81.9 Å². The molecular weight excluding hydrogens is 1500 g/mol. The van der Waals surface area contributed by atoms with Gasteiger partial charge in [0.25, 0.3) is 6.33 Å². The first-order valence-electron chi connectivity index (χ1n) is 46.6. The van der Waals surface area contributed by atoms with E-state index in [0.717, 1.165) is 56.9 Å². The minimum atomic E-state index is -6.05. The third-order valence-corrected chi connectivity index (χ3v) is 26.0. The van der Waals surface area contributed by atoms with Gasteiger partial charge in [0.05, 0.1) is 37.3 Å². The monoisotopic (exact) mass is 1610 g/mol. The van der Waals surface area contributed by atoms with E-state index in [2.05, 4.69) is 145 Å². The zero-order valence-electron chi connectivity index (χ0n) is 83.1. The summed E-state index contributed by atoms with van der Waals surface area (Å²) in [6.45, 7) is 22.1. The van der Waals surface area contributed by atoms with Gasteiger partial charge in [0.1, 0.15) is 5.82 Å². The minimum Gasteiger partial charge on any atom is -0.510 e. The van der Waals surface area contributed by atoms with E-state index in [9.17, 15) is 28.8 Å². The molecule has 2 aliphatic rings. The molecule has 0 radical (unpaired) electrons. The molecule has 3 aromatic heterocycles. The van der Waals surface area contributed by atoms with Crippen LogP contribution in [0.5, 0.6) is 11.5 Å². The number of hydrogen-bond acceptors (Lipinski definition) is 2. The summed E-state index contributed by atoms with van der Waals surface area (Å²) in [6, 6.07) is 43.7. The summed E-state index contributed by atoms with van der Waals surface area (Å²) in [6.07, 6.45) is 7.19. The number of aromatic nitrogens is 4. The van der Waals surface area contributed by atoms with E-state index in [4.69, 9.17) is 9.72 Å². The van der Waals surface area contributed by atoms with Crippen molar-refractivity contribution in [2.45, 2.75) is 144 Å². The maximum atomic E-state index is 10.4. The molecule has 0 atom stereocenters. The molecule has 4 heterocycles. The Morgan fingerprint density at radius 2 is 1.03 bits per heavy atom. The van der Waals surface area contributed by atoms with E-state index in [-0.39, 0.29) is 87.7 Å². The molecule has 1 aliphatic carbocycles. The third kappa shape index (κ3) is 12.1. The fourth-order valence-electron chi connectivity index (χ4n) is 16.0. The number of para-hydroxylation sites is 1. The molecule has 7 heteroatoms. The first kappa shape index (κ1) is 50.3. The molecule has 15 aromatic rings. The molecule has 17 rings (SSSR count). The second kappa shape index (κ2) is 26.3. The molecule has 0 spiro atoms. The molecule has 0 fully saturated rings. The van der Waals surface area contributed by atoms with E-state index in [1.165, 1.54) is 18.2 Å². The van der Waals surface area contributed by atoms with Crippen molar-refractivity contribution in [1.82, 2.24) is 14.1 Å². The van der Waals surface area contributed by atoms with Gasteiger partial charge >= 0.3 is 0 Å². The van der Waals surface area contributed by atoms with Gasteiger partial charge < -0.3 is 13.9 Å². The maximum absolute atomic E-state index is 10.4. The standard InChI is InChI=1S/C100H92N4OSi.Pt/c1-64-31-29-32-65(2)93(64)67-53-82(66-51-69(97(6,7)8)55-70(52-66)98(9,10)11)94-85(54-67)84-62-88-87(99(12,13)48-49-100(88,14)15)61-83(84)78-41-25-26-42-79(78)86-59-77(106(74-35-19-16-20-36-74,75-37-21-17-22-38-75)76-39-23-18-24-40-76)60-91-95(86)103(94)63-102(91)71-33-30-34-72(57-71)105-73-45-46-81-80-43-27-28-44-89(80)104(90(81)58-73)92-56-68(47-50-101-92)96(3,4)5;/h16-47,50-56,59-62H,48-49H2,1-15H3;/q-2;/i1D3,2D3,16D,17D,18D,19D,20D,21D,22D,23D,24D,35D,36D,37D,38D,39D,40D;. The van der Waals surface area contributed by atoms with Crippen LogP contribution in [0.3, 0.4) is 0 Å². The average Bonchev–Trinajstić information content (AvgIpc) is 1.08. The Bertz CT molecular complexity index is 6920. The van der Waals surface area contributed by atoms with Crippen LogP contribution in [0.4, 0.5) is 0 Å². The first-order valence-corrected chi connectivity index (χ1v) is 38.1. The van der Waals surface area contributed by atoms with Crippen LogP contribution in [0.2, 0.25) is 0 Å². The summed E-state index contributed by atoms with van der Waals surface area (Å²) >= 11 is 0. The number of benzene rings is 12. The molecule has 107 heavy (non-hydrogen) atoms. The van der Waals surface area contributed by atoms with Crippen molar-refractivity contribution in [3.8, 4) is 84.3 Å². The van der Waals surface area contributed by atoms with Crippen molar-refractivity contribution in [2.75, 3.05) is 0 Å². The third-order valence-electron chi connectivity index (χ3n) is 21.9. The van der Waals surface area contributed by atoms with Gasteiger partial charge in [-0.25, -0.2) is 4.98 Å². The summed E-state index contributed by atoms with van der Waals surface area (Å²) in [5.41, 5.74) is 8.67. The number of ether oxygens (including phenoxy) is 1. The number of nitrogens with zero attached hydrogens (tertiary/aromatic N) is 4. The molecule has 534 valence electrons.